The number of aromatic nitrogens is 2. The molecule has 1 aliphatic heterocycles. The number of benzene rings is 1. The third-order valence-electron chi connectivity index (χ3n) is 4.18. The number of hydrogen-bond donors (Lipinski definition) is 2. The molecule has 1 aliphatic rings. The number of anilines is 1. The van der Waals surface area contributed by atoms with E-state index in [-0.39, 0.29) is 23.3 Å². The number of fused-ring (bicyclic) bond motifs is 1. The number of halogens is 1. The van der Waals surface area contributed by atoms with E-state index in [1.165, 1.54) is 23.9 Å². The molecule has 27 heavy (non-hydrogen) atoms. The summed E-state index contributed by atoms with van der Waals surface area (Å²) in [6.45, 7) is 5.57. The Labute approximate surface area is 160 Å². The van der Waals surface area contributed by atoms with E-state index in [9.17, 15) is 14.0 Å². The lowest BCUT2D eigenvalue weighted by molar-refractivity contribution is -0.138. The zero-order chi connectivity index (χ0) is 19.6. The van der Waals surface area contributed by atoms with Crippen LogP contribution < -0.4 is 10.9 Å². The van der Waals surface area contributed by atoms with Crippen molar-refractivity contribution in [3.05, 3.63) is 62.8 Å². The minimum atomic E-state index is -0.770. The Morgan fingerprint density at radius 1 is 1.37 bits per heavy atom. The third kappa shape index (κ3) is 3.75. The van der Waals surface area contributed by atoms with E-state index < -0.39 is 17.7 Å². The van der Waals surface area contributed by atoms with Crippen LogP contribution in [0.3, 0.4) is 0 Å². The maximum Gasteiger partial charge on any atom is 0.336 e. The molecule has 0 saturated carbocycles. The molecule has 0 aliphatic carbocycles. The highest BCUT2D eigenvalue weighted by Crippen LogP contribution is 2.40. The number of thioether (sulfide) groups is 1. The number of carbonyl (C=O) groups is 1. The Bertz CT molecular complexity index is 971. The minimum Gasteiger partial charge on any atom is -0.463 e. The molecule has 1 aromatic heterocycles. The molecule has 2 N–H and O–H groups in total. The van der Waals surface area contributed by atoms with Gasteiger partial charge in [-0.25, -0.2) is 14.2 Å². The van der Waals surface area contributed by atoms with Gasteiger partial charge in [-0.05, 0) is 37.3 Å². The second-order valence-electron chi connectivity index (χ2n) is 5.94. The van der Waals surface area contributed by atoms with E-state index >= 15 is 0 Å². The van der Waals surface area contributed by atoms with E-state index in [0.717, 1.165) is 5.75 Å². The van der Waals surface area contributed by atoms with Crippen LogP contribution in [0.15, 0.2) is 45.5 Å². The molecule has 142 valence electrons. The van der Waals surface area contributed by atoms with Crippen molar-refractivity contribution in [2.75, 3.05) is 17.7 Å². The molecule has 1 unspecified atom stereocenters. The highest BCUT2D eigenvalue weighted by atomic mass is 32.2. The van der Waals surface area contributed by atoms with Crippen molar-refractivity contribution in [3.8, 4) is 0 Å². The molecule has 1 atom stereocenters. The van der Waals surface area contributed by atoms with Gasteiger partial charge in [0.2, 0.25) is 0 Å². The van der Waals surface area contributed by atoms with Crippen molar-refractivity contribution in [1.29, 1.82) is 0 Å². The first kappa shape index (κ1) is 19.2. The van der Waals surface area contributed by atoms with Crippen LogP contribution in [0.2, 0.25) is 0 Å². The molecular weight excluding hydrogens is 369 g/mol. The molecule has 0 saturated heterocycles. The van der Waals surface area contributed by atoms with Gasteiger partial charge in [-0.15, -0.1) is 0 Å². The van der Waals surface area contributed by atoms with Crippen LogP contribution in [-0.2, 0) is 9.53 Å². The van der Waals surface area contributed by atoms with Crippen molar-refractivity contribution >= 4 is 23.5 Å². The first-order valence-electron chi connectivity index (χ1n) is 8.63. The number of nitrogens with one attached hydrogen (secondary N) is 2. The van der Waals surface area contributed by atoms with Gasteiger partial charge in [0, 0.05) is 5.70 Å². The van der Waals surface area contributed by atoms with Crippen molar-refractivity contribution in [2.24, 2.45) is 0 Å². The molecule has 2 aromatic rings. The Kier molecular flexibility index (Phi) is 5.65. The van der Waals surface area contributed by atoms with Crippen molar-refractivity contribution in [3.63, 3.8) is 0 Å². The summed E-state index contributed by atoms with van der Waals surface area (Å²) >= 11 is 1.40. The molecule has 0 bridgehead atoms. The van der Waals surface area contributed by atoms with Gasteiger partial charge < -0.3 is 15.0 Å². The highest BCUT2D eigenvalue weighted by Gasteiger charge is 2.36. The van der Waals surface area contributed by atoms with E-state index in [1.54, 1.807) is 26.0 Å². The normalized spacial score (nSPS) is 15.9. The van der Waals surface area contributed by atoms with Gasteiger partial charge in [-0.3, -0.25) is 4.79 Å². The standard InChI is InChI=1S/C19H20FN3O3S/c1-4-26-18(25)13-10(3)21-16-15(17(24)23-19(22-16)27-5-2)14(13)11-7-6-8-12(20)9-11/h6-9,14H,4-5H2,1-3H3,(H2,21,22,23,24). The number of rotatable bonds is 5. The van der Waals surface area contributed by atoms with Crippen molar-refractivity contribution in [2.45, 2.75) is 31.8 Å². The second-order valence-corrected chi connectivity index (χ2v) is 7.19. The quantitative estimate of drug-likeness (QED) is 0.463. The van der Waals surface area contributed by atoms with Gasteiger partial charge >= 0.3 is 5.97 Å². The lowest BCUT2D eigenvalue weighted by atomic mass is 9.82. The van der Waals surface area contributed by atoms with Crippen LogP contribution in [0.1, 0.15) is 37.8 Å². The Hall–Kier alpha value is -2.61. The predicted molar refractivity (Wildman–Crippen MR) is 102 cm³/mol. The van der Waals surface area contributed by atoms with Crippen LogP contribution >= 0.6 is 11.8 Å². The van der Waals surface area contributed by atoms with Crippen molar-refractivity contribution in [1.82, 2.24) is 9.97 Å². The molecule has 6 nitrogen and oxygen atoms in total. The van der Waals surface area contributed by atoms with Gasteiger partial charge in [0.05, 0.1) is 23.7 Å². The fourth-order valence-electron chi connectivity index (χ4n) is 3.13. The first-order valence-corrected chi connectivity index (χ1v) is 9.62. The maximum atomic E-state index is 13.9. The zero-order valence-corrected chi connectivity index (χ0v) is 16.1. The van der Waals surface area contributed by atoms with E-state index in [4.69, 9.17) is 4.74 Å². The lowest BCUT2D eigenvalue weighted by Gasteiger charge is -2.28. The molecule has 0 spiro atoms. The fraction of sp³-hybridized carbons (Fsp3) is 0.316. The van der Waals surface area contributed by atoms with Gasteiger partial charge in [-0.2, -0.15) is 0 Å². The van der Waals surface area contributed by atoms with E-state index in [1.807, 2.05) is 6.92 Å². The minimum absolute atomic E-state index is 0.193. The predicted octanol–water partition coefficient (Wildman–Crippen LogP) is 3.42. The first-order chi connectivity index (χ1) is 13.0. The maximum absolute atomic E-state index is 13.9. The van der Waals surface area contributed by atoms with E-state index in [0.29, 0.717) is 22.2 Å². The summed E-state index contributed by atoms with van der Waals surface area (Å²) in [5, 5.41) is 3.53. The number of H-pyrrole nitrogens is 1. The van der Waals surface area contributed by atoms with Gasteiger partial charge in [0.15, 0.2) is 5.16 Å². The molecule has 0 fully saturated rings. The van der Waals surface area contributed by atoms with Crippen LogP contribution in [0.5, 0.6) is 0 Å². The number of nitrogens with zero attached hydrogens (tertiary/aromatic N) is 1. The molecule has 1 aromatic carbocycles. The number of hydrogen-bond acceptors (Lipinski definition) is 6. The number of allylic oxidation sites excluding steroid dienone is 1. The summed E-state index contributed by atoms with van der Waals surface area (Å²) in [5.41, 5.74) is 1.20. The summed E-state index contributed by atoms with van der Waals surface area (Å²) in [6, 6.07) is 5.87. The number of carbonyl (C=O) groups excluding carboxylic acids is 1. The fourth-order valence-corrected chi connectivity index (χ4v) is 3.73. The summed E-state index contributed by atoms with van der Waals surface area (Å²) in [4.78, 5) is 32.7. The number of ether oxygens (including phenoxy) is 1. The Morgan fingerprint density at radius 3 is 2.81 bits per heavy atom. The van der Waals surface area contributed by atoms with Crippen LogP contribution in [0, 0.1) is 5.82 Å². The average Bonchev–Trinajstić information content (AvgIpc) is 2.60. The number of esters is 1. The topological polar surface area (TPSA) is 84.1 Å². The van der Waals surface area contributed by atoms with Crippen LogP contribution in [0.25, 0.3) is 0 Å². The second kappa shape index (κ2) is 7.96. The van der Waals surface area contributed by atoms with Crippen LogP contribution in [-0.4, -0.2) is 28.3 Å². The van der Waals surface area contributed by atoms with Gasteiger partial charge in [0.25, 0.3) is 5.56 Å². The van der Waals surface area contributed by atoms with Gasteiger partial charge in [0.1, 0.15) is 11.6 Å². The molecule has 0 radical (unpaired) electrons. The number of aromatic amines is 1. The SMILES string of the molecule is CCOC(=O)C1=C(C)Nc2nc(SCC)[nH]c(=O)c2C1c1cccc(F)c1. The average molecular weight is 389 g/mol. The van der Waals surface area contributed by atoms with Crippen LogP contribution in [0.4, 0.5) is 10.2 Å². The molecule has 0 amide bonds. The lowest BCUT2D eigenvalue weighted by Crippen LogP contribution is -2.31. The molecule has 3 rings (SSSR count). The Morgan fingerprint density at radius 2 is 2.15 bits per heavy atom. The summed E-state index contributed by atoms with van der Waals surface area (Å²) in [6.07, 6.45) is 0. The summed E-state index contributed by atoms with van der Waals surface area (Å²) in [7, 11) is 0. The summed E-state index contributed by atoms with van der Waals surface area (Å²) < 4.78 is 19.1. The smallest absolute Gasteiger partial charge is 0.336 e. The Balaban J connectivity index is 2.24. The molecular formula is C19H20FN3O3S. The third-order valence-corrected chi connectivity index (χ3v) is 4.93. The highest BCUT2D eigenvalue weighted by molar-refractivity contribution is 7.99. The van der Waals surface area contributed by atoms with Crippen molar-refractivity contribution < 1.29 is 13.9 Å². The monoisotopic (exact) mass is 389 g/mol. The largest absolute Gasteiger partial charge is 0.463 e. The zero-order valence-electron chi connectivity index (χ0n) is 15.3. The summed E-state index contributed by atoms with van der Waals surface area (Å²) in [5.74, 6) is -0.648. The van der Waals surface area contributed by atoms with E-state index in [2.05, 4.69) is 15.3 Å². The van der Waals surface area contributed by atoms with Gasteiger partial charge in [-0.1, -0.05) is 30.8 Å². The molecule has 2 heterocycles. The molecule has 8 heteroatoms.